The number of hydrogen-bond donors (Lipinski definition) is 1. The Kier molecular flexibility index (Phi) is 48.7. The number of esters is 2. The predicted octanol–water partition coefficient (Wildman–Crippen LogP) is 17.2. The van der Waals surface area contributed by atoms with Gasteiger partial charge in [-0.1, -0.05) is 219 Å². The summed E-state index contributed by atoms with van der Waals surface area (Å²) in [7, 11) is 1.43. The molecule has 0 fully saturated rings. The van der Waals surface area contributed by atoms with E-state index >= 15 is 0 Å². The van der Waals surface area contributed by atoms with Crippen LogP contribution in [-0.4, -0.2) is 74.9 Å². The Balaban J connectivity index is 4.30. The SMILES string of the molecule is CC/C=C\C/C=C\C/C=C\C/C=C\C/C=C\C/C=C\C/C=C\C/C=C\C/C=C\C/C=C\CCCCC(=O)OC(COC(=O)CCCCCCCCCCCCCCCC)COP(=O)(O)OCC[N+](C)(C)C. The first-order chi connectivity index (χ1) is 34.5. The zero-order valence-electron chi connectivity index (χ0n) is 45.7. The van der Waals surface area contributed by atoms with Crippen molar-refractivity contribution in [1.82, 2.24) is 0 Å². The van der Waals surface area contributed by atoms with Crippen LogP contribution in [0.4, 0.5) is 0 Å². The van der Waals surface area contributed by atoms with Crippen molar-refractivity contribution in [1.29, 1.82) is 0 Å². The van der Waals surface area contributed by atoms with E-state index < -0.39 is 26.5 Å². The van der Waals surface area contributed by atoms with Crippen molar-refractivity contribution in [3.05, 3.63) is 122 Å². The van der Waals surface area contributed by atoms with Crippen molar-refractivity contribution in [2.24, 2.45) is 0 Å². The van der Waals surface area contributed by atoms with Crippen LogP contribution in [0.3, 0.4) is 0 Å². The Morgan fingerprint density at radius 1 is 0.451 bits per heavy atom. The molecule has 0 aliphatic rings. The maximum Gasteiger partial charge on any atom is 0.472 e. The molecule has 0 rings (SSSR count). The fourth-order valence-corrected chi connectivity index (χ4v) is 7.72. The highest BCUT2D eigenvalue weighted by Gasteiger charge is 2.27. The van der Waals surface area contributed by atoms with E-state index in [1.807, 2.05) is 21.1 Å². The normalized spacial score (nSPS) is 14.3. The Morgan fingerprint density at radius 3 is 1.20 bits per heavy atom. The van der Waals surface area contributed by atoms with E-state index in [1.54, 1.807) is 0 Å². The molecule has 0 aromatic heterocycles. The maximum absolute atomic E-state index is 12.8. The highest BCUT2D eigenvalue weighted by atomic mass is 31.2. The molecule has 0 heterocycles. The summed E-state index contributed by atoms with van der Waals surface area (Å²) in [6.45, 7) is 4.25. The Labute approximate surface area is 435 Å². The first kappa shape index (κ1) is 67.4. The van der Waals surface area contributed by atoms with Gasteiger partial charge < -0.3 is 18.9 Å². The Bertz CT molecular complexity index is 1610. The number of carbonyl (C=O) groups excluding carboxylic acids is 2. The van der Waals surface area contributed by atoms with Gasteiger partial charge in [-0.15, -0.1) is 0 Å². The summed E-state index contributed by atoms with van der Waals surface area (Å²) in [5, 5.41) is 0. The number of phosphoric ester groups is 1. The molecule has 2 unspecified atom stereocenters. The largest absolute Gasteiger partial charge is 0.472 e. The predicted molar refractivity (Wildman–Crippen MR) is 302 cm³/mol. The summed E-state index contributed by atoms with van der Waals surface area (Å²) < 4.78 is 34.4. The van der Waals surface area contributed by atoms with E-state index in [0.717, 1.165) is 96.3 Å². The Hall–Kier alpha value is -3.59. The fourth-order valence-electron chi connectivity index (χ4n) is 6.98. The molecule has 0 saturated carbocycles. The smallest absolute Gasteiger partial charge is 0.462 e. The van der Waals surface area contributed by atoms with Crippen molar-refractivity contribution >= 4 is 19.8 Å². The first-order valence-corrected chi connectivity index (χ1v) is 29.3. The van der Waals surface area contributed by atoms with Gasteiger partial charge in [0.1, 0.15) is 19.8 Å². The molecule has 0 aromatic rings. The number of rotatable bonds is 49. The molecular formula is C61H103NO8P+. The number of allylic oxidation sites excluding steroid dienone is 20. The molecule has 0 amide bonds. The highest BCUT2D eigenvalue weighted by molar-refractivity contribution is 7.47. The molecule has 0 aromatic carbocycles. The molecule has 2 atom stereocenters. The number of quaternary nitrogens is 1. The molecule has 0 aliphatic carbocycles. The number of carbonyl (C=O) groups is 2. The molecule has 0 bridgehead atoms. The number of ether oxygens (including phenoxy) is 2. The third-order valence-electron chi connectivity index (χ3n) is 11.3. The van der Waals surface area contributed by atoms with Gasteiger partial charge in [0.15, 0.2) is 6.10 Å². The number of hydrogen-bond acceptors (Lipinski definition) is 7. The van der Waals surface area contributed by atoms with Crippen molar-refractivity contribution in [2.75, 3.05) is 47.5 Å². The first-order valence-electron chi connectivity index (χ1n) is 27.8. The van der Waals surface area contributed by atoms with Gasteiger partial charge in [0.05, 0.1) is 27.7 Å². The van der Waals surface area contributed by atoms with Gasteiger partial charge in [0.25, 0.3) is 0 Å². The molecule has 404 valence electrons. The molecule has 1 N–H and O–H groups in total. The summed E-state index contributed by atoms with van der Waals surface area (Å²) in [5.74, 6) is -0.855. The Morgan fingerprint density at radius 2 is 0.803 bits per heavy atom. The van der Waals surface area contributed by atoms with Gasteiger partial charge in [0, 0.05) is 12.8 Å². The second kappa shape index (κ2) is 51.3. The van der Waals surface area contributed by atoms with E-state index in [0.29, 0.717) is 17.4 Å². The monoisotopic (exact) mass is 1010 g/mol. The van der Waals surface area contributed by atoms with Crippen molar-refractivity contribution in [3.8, 4) is 0 Å². The fraction of sp³-hybridized carbons (Fsp3) is 0.639. The average Bonchev–Trinajstić information content (AvgIpc) is 3.33. The third kappa shape index (κ3) is 55.6. The molecule has 10 heteroatoms. The number of unbranched alkanes of at least 4 members (excludes halogenated alkanes) is 15. The molecule has 0 spiro atoms. The van der Waals surface area contributed by atoms with Gasteiger partial charge in [-0.2, -0.15) is 0 Å². The second-order valence-corrected chi connectivity index (χ2v) is 20.7. The summed E-state index contributed by atoms with van der Waals surface area (Å²) in [4.78, 5) is 35.6. The summed E-state index contributed by atoms with van der Waals surface area (Å²) in [5.41, 5.74) is 0. The minimum Gasteiger partial charge on any atom is -0.462 e. The van der Waals surface area contributed by atoms with Gasteiger partial charge in [-0.3, -0.25) is 18.6 Å². The van der Waals surface area contributed by atoms with Crippen molar-refractivity contribution < 1.29 is 42.1 Å². The van der Waals surface area contributed by atoms with Crippen LogP contribution in [-0.2, 0) is 32.7 Å². The second-order valence-electron chi connectivity index (χ2n) is 19.2. The van der Waals surface area contributed by atoms with Gasteiger partial charge in [0.2, 0.25) is 0 Å². The lowest BCUT2D eigenvalue weighted by atomic mass is 10.0. The van der Waals surface area contributed by atoms with E-state index in [1.165, 1.54) is 70.6 Å². The lowest BCUT2D eigenvalue weighted by Crippen LogP contribution is -2.37. The van der Waals surface area contributed by atoms with Gasteiger partial charge in [-0.05, 0) is 89.9 Å². The molecule has 71 heavy (non-hydrogen) atoms. The quantitative estimate of drug-likeness (QED) is 0.0211. The maximum atomic E-state index is 12.8. The molecule has 9 nitrogen and oxygen atoms in total. The minimum atomic E-state index is -4.40. The van der Waals surface area contributed by atoms with Crippen molar-refractivity contribution in [2.45, 2.75) is 206 Å². The lowest BCUT2D eigenvalue weighted by molar-refractivity contribution is -0.870. The van der Waals surface area contributed by atoms with Gasteiger partial charge >= 0.3 is 19.8 Å². The van der Waals surface area contributed by atoms with E-state index in [4.69, 9.17) is 18.5 Å². The van der Waals surface area contributed by atoms with Crippen LogP contribution in [0.25, 0.3) is 0 Å². The van der Waals surface area contributed by atoms with Crippen LogP contribution in [0.2, 0.25) is 0 Å². The van der Waals surface area contributed by atoms with Crippen LogP contribution in [0.5, 0.6) is 0 Å². The summed E-state index contributed by atoms with van der Waals surface area (Å²) >= 11 is 0. The topological polar surface area (TPSA) is 108 Å². The minimum absolute atomic E-state index is 0.0176. The highest BCUT2D eigenvalue weighted by Crippen LogP contribution is 2.43. The van der Waals surface area contributed by atoms with E-state index in [9.17, 15) is 19.0 Å². The summed E-state index contributed by atoms with van der Waals surface area (Å²) in [6.07, 6.45) is 72.7. The van der Waals surface area contributed by atoms with E-state index in [2.05, 4.69) is 135 Å². The molecule has 0 saturated heterocycles. The van der Waals surface area contributed by atoms with Crippen LogP contribution >= 0.6 is 7.82 Å². The van der Waals surface area contributed by atoms with E-state index in [-0.39, 0.29) is 32.0 Å². The molecule has 0 aliphatic heterocycles. The number of likely N-dealkylation sites (N-methyl/N-ethyl adjacent to an activating group) is 1. The number of nitrogens with zero attached hydrogens (tertiary/aromatic N) is 1. The average molecular weight is 1010 g/mol. The van der Waals surface area contributed by atoms with Crippen LogP contribution in [0.15, 0.2) is 122 Å². The zero-order valence-corrected chi connectivity index (χ0v) is 46.6. The van der Waals surface area contributed by atoms with Crippen LogP contribution < -0.4 is 0 Å². The summed E-state index contributed by atoms with van der Waals surface area (Å²) in [6, 6.07) is 0. The van der Waals surface area contributed by atoms with Crippen LogP contribution in [0, 0.1) is 0 Å². The lowest BCUT2D eigenvalue weighted by Gasteiger charge is -2.24. The third-order valence-corrected chi connectivity index (χ3v) is 12.2. The standard InChI is InChI=1S/C61H102NO8P/c1-6-8-10-12-14-16-18-20-22-23-24-25-26-27-28-29-30-31-32-33-34-35-36-37-38-39-40-42-44-46-48-50-52-54-61(64)70-59(58-69-71(65,66)68-56-55-62(3,4)5)57-67-60(63)53-51-49-47-45-43-41-21-19-17-15-13-11-9-7-2/h8,10,14,16,20,22,24-25,27-28,30-31,33-34,36-37,39-40,44,46,59H,6-7,9,11-13,15,17-19,21,23,26,29,32,35,38,41-43,45,47-58H2,1-5H3/p+1/b10-8-,16-14-,22-20-,25-24-,28-27-,31-30-,34-33-,37-36-,40-39-,46-44-. The van der Waals surface area contributed by atoms with Crippen LogP contribution in [0.1, 0.15) is 200 Å². The molecule has 0 radical (unpaired) electrons. The van der Waals surface area contributed by atoms with Gasteiger partial charge in [-0.25, -0.2) is 4.57 Å². The zero-order chi connectivity index (χ0) is 52.0. The number of phosphoric acid groups is 1. The van der Waals surface area contributed by atoms with Crippen molar-refractivity contribution in [3.63, 3.8) is 0 Å². The molecular weight excluding hydrogens is 906 g/mol.